The first-order valence-electron chi connectivity index (χ1n) is 9.69. The summed E-state index contributed by atoms with van der Waals surface area (Å²) in [7, 11) is 1.52. The number of hydrogen-bond donors (Lipinski definition) is 4. The molecule has 3 rings (SSSR count). The number of carbonyl (C=O) groups is 3. The van der Waals surface area contributed by atoms with E-state index in [9.17, 15) is 14.4 Å². The maximum absolute atomic E-state index is 12.7. The van der Waals surface area contributed by atoms with Crippen molar-refractivity contribution >= 4 is 40.4 Å². The van der Waals surface area contributed by atoms with Gasteiger partial charge in [-0.3, -0.25) is 14.4 Å². The van der Waals surface area contributed by atoms with Crippen LogP contribution in [0.5, 0.6) is 0 Å². The smallest absolute Gasteiger partial charge is 0.255 e. The van der Waals surface area contributed by atoms with Crippen molar-refractivity contribution in [3.05, 3.63) is 71.1 Å². The maximum atomic E-state index is 12.7. The van der Waals surface area contributed by atoms with Gasteiger partial charge in [0.15, 0.2) is 0 Å². The first-order chi connectivity index (χ1) is 14.9. The number of nitrogens with two attached hydrogens (primary N) is 1. The fourth-order valence-electron chi connectivity index (χ4n) is 3.11. The van der Waals surface area contributed by atoms with E-state index in [1.807, 2.05) is 29.6 Å². The second kappa shape index (κ2) is 9.90. The zero-order valence-electron chi connectivity index (χ0n) is 17.3. The van der Waals surface area contributed by atoms with Crippen molar-refractivity contribution in [2.45, 2.75) is 19.4 Å². The Bertz CT molecular complexity index is 1080. The number of rotatable bonds is 7. The van der Waals surface area contributed by atoms with Crippen molar-refractivity contribution in [3.63, 3.8) is 0 Å². The highest BCUT2D eigenvalue weighted by Crippen LogP contribution is 2.30. The quantitative estimate of drug-likeness (QED) is 0.426. The topological polar surface area (TPSA) is 113 Å². The molecule has 0 aliphatic heterocycles. The van der Waals surface area contributed by atoms with Crippen LogP contribution in [0.25, 0.3) is 10.4 Å². The molecule has 3 amide bonds. The van der Waals surface area contributed by atoms with Gasteiger partial charge in [0.25, 0.3) is 5.91 Å². The molecule has 0 aliphatic carbocycles. The van der Waals surface area contributed by atoms with Gasteiger partial charge in [0.05, 0.1) is 11.4 Å². The Hall–Kier alpha value is -3.65. The van der Waals surface area contributed by atoms with E-state index in [2.05, 4.69) is 16.0 Å². The number of nitrogen functional groups attached to an aromatic ring is 1. The van der Waals surface area contributed by atoms with Gasteiger partial charge in [0, 0.05) is 30.8 Å². The highest BCUT2D eigenvalue weighted by atomic mass is 32.1. The second-order valence-electron chi connectivity index (χ2n) is 7.00. The van der Waals surface area contributed by atoms with Crippen molar-refractivity contribution in [2.24, 2.45) is 0 Å². The van der Waals surface area contributed by atoms with Crippen LogP contribution in [-0.4, -0.2) is 30.8 Å². The van der Waals surface area contributed by atoms with Gasteiger partial charge >= 0.3 is 0 Å². The molecule has 1 heterocycles. The van der Waals surface area contributed by atoms with Gasteiger partial charge in [0.2, 0.25) is 11.8 Å². The summed E-state index contributed by atoms with van der Waals surface area (Å²) in [4.78, 5) is 37.1. The molecule has 3 aromatic rings. The van der Waals surface area contributed by atoms with E-state index in [-0.39, 0.29) is 17.7 Å². The summed E-state index contributed by atoms with van der Waals surface area (Å²) in [5.41, 5.74) is 9.33. The van der Waals surface area contributed by atoms with Gasteiger partial charge in [-0.05, 0) is 46.8 Å². The highest BCUT2D eigenvalue weighted by Gasteiger charge is 2.19. The Morgan fingerprint density at radius 1 is 1.06 bits per heavy atom. The van der Waals surface area contributed by atoms with Crippen LogP contribution in [0, 0.1) is 0 Å². The minimum atomic E-state index is -0.679. The van der Waals surface area contributed by atoms with E-state index < -0.39 is 6.04 Å². The third-order valence-electron chi connectivity index (χ3n) is 4.70. The van der Waals surface area contributed by atoms with Crippen LogP contribution in [0.2, 0.25) is 0 Å². The van der Waals surface area contributed by atoms with Crippen LogP contribution in [0.4, 0.5) is 11.4 Å². The molecule has 8 heteroatoms. The van der Waals surface area contributed by atoms with E-state index in [4.69, 9.17) is 5.73 Å². The highest BCUT2D eigenvalue weighted by molar-refractivity contribution is 7.13. The lowest BCUT2D eigenvalue weighted by Crippen LogP contribution is -2.46. The molecule has 7 nitrogen and oxygen atoms in total. The minimum absolute atomic E-state index is 0.280. The molecular formula is C23H24N4O3S. The van der Waals surface area contributed by atoms with Gasteiger partial charge in [0.1, 0.15) is 6.04 Å². The van der Waals surface area contributed by atoms with Crippen LogP contribution in [0.15, 0.2) is 60.0 Å². The van der Waals surface area contributed by atoms with Gasteiger partial charge in [-0.25, -0.2) is 0 Å². The predicted molar refractivity (Wildman–Crippen MR) is 124 cm³/mol. The molecule has 0 aliphatic rings. The molecule has 0 radical (unpaired) electrons. The van der Waals surface area contributed by atoms with Crippen molar-refractivity contribution in [1.29, 1.82) is 0 Å². The number of hydrogen-bond acceptors (Lipinski definition) is 5. The van der Waals surface area contributed by atoms with Crippen LogP contribution in [0.3, 0.4) is 0 Å². The molecule has 1 atom stereocenters. The lowest BCUT2D eigenvalue weighted by Gasteiger charge is -2.16. The summed E-state index contributed by atoms with van der Waals surface area (Å²) in [6.07, 6.45) is 0.316. The lowest BCUT2D eigenvalue weighted by atomic mass is 10.0. The normalized spacial score (nSPS) is 11.4. The van der Waals surface area contributed by atoms with Crippen LogP contribution in [-0.2, 0) is 16.0 Å². The fraction of sp³-hybridized carbons (Fsp3) is 0.174. The number of nitrogens with one attached hydrogen (secondary N) is 3. The Morgan fingerprint density at radius 2 is 1.81 bits per heavy atom. The Balaban J connectivity index is 1.71. The summed E-state index contributed by atoms with van der Waals surface area (Å²) in [6.45, 7) is 1.36. The maximum Gasteiger partial charge on any atom is 0.255 e. The molecule has 2 aromatic carbocycles. The molecule has 1 aromatic heterocycles. The first-order valence-corrected chi connectivity index (χ1v) is 10.6. The monoisotopic (exact) mass is 436 g/mol. The minimum Gasteiger partial charge on any atom is -0.397 e. The molecule has 0 saturated heterocycles. The number of benzene rings is 2. The number of likely N-dealkylation sites (N-methyl/N-ethyl adjacent to an activating group) is 1. The summed E-state index contributed by atoms with van der Waals surface area (Å²) in [5.74, 6) is -0.851. The Morgan fingerprint density at radius 3 is 2.42 bits per heavy atom. The van der Waals surface area contributed by atoms with Crippen LogP contribution >= 0.6 is 11.3 Å². The Labute approximate surface area is 184 Å². The average Bonchev–Trinajstić information content (AvgIpc) is 3.29. The van der Waals surface area contributed by atoms with Gasteiger partial charge in [-0.15, -0.1) is 11.3 Å². The largest absolute Gasteiger partial charge is 0.397 e. The fourth-order valence-corrected chi connectivity index (χ4v) is 3.84. The van der Waals surface area contributed by atoms with Crippen molar-refractivity contribution in [3.8, 4) is 10.4 Å². The third kappa shape index (κ3) is 5.70. The Kier molecular flexibility index (Phi) is 7.04. The predicted octanol–water partition coefficient (Wildman–Crippen LogP) is 3.04. The summed E-state index contributed by atoms with van der Waals surface area (Å²) < 4.78 is 0. The molecule has 0 fully saturated rings. The molecule has 0 spiro atoms. The molecule has 0 bridgehead atoms. The van der Waals surface area contributed by atoms with E-state index in [0.717, 1.165) is 16.0 Å². The number of anilines is 2. The van der Waals surface area contributed by atoms with E-state index in [1.165, 1.54) is 14.0 Å². The van der Waals surface area contributed by atoms with Crippen molar-refractivity contribution < 1.29 is 14.4 Å². The van der Waals surface area contributed by atoms with Crippen molar-refractivity contribution in [2.75, 3.05) is 18.1 Å². The zero-order valence-corrected chi connectivity index (χ0v) is 18.1. The van der Waals surface area contributed by atoms with E-state index in [1.54, 1.807) is 41.7 Å². The first kappa shape index (κ1) is 22.0. The lowest BCUT2D eigenvalue weighted by molar-refractivity contribution is -0.127. The molecule has 0 unspecified atom stereocenters. The molecule has 0 saturated carbocycles. The van der Waals surface area contributed by atoms with Crippen molar-refractivity contribution in [1.82, 2.24) is 10.6 Å². The van der Waals surface area contributed by atoms with Crippen LogP contribution < -0.4 is 21.7 Å². The van der Waals surface area contributed by atoms with E-state index >= 15 is 0 Å². The standard InChI is InChI=1S/C23H24N4O3S/c1-14(28)26-20(23(30)25-2)12-15-5-7-16(8-6-15)22(29)27-19-13-17(9-10-18(19)24)21-4-3-11-31-21/h3-11,13,20H,12,24H2,1-2H3,(H,25,30)(H,26,28)(H,27,29)/t20-/m0/s1. The van der Waals surface area contributed by atoms with Gasteiger partial charge in [-0.2, -0.15) is 0 Å². The van der Waals surface area contributed by atoms with Crippen LogP contribution in [0.1, 0.15) is 22.8 Å². The summed E-state index contributed by atoms with van der Waals surface area (Å²) >= 11 is 1.61. The third-order valence-corrected chi connectivity index (χ3v) is 5.62. The molecule has 160 valence electrons. The molecular weight excluding hydrogens is 412 g/mol. The average molecular weight is 437 g/mol. The molecule has 31 heavy (non-hydrogen) atoms. The molecule has 5 N–H and O–H groups in total. The zero-order chi connectivity index (χ0) is 22.4. The van der Waals surface area contributed by atoms with E-state index in [0.29, 0.717) is 23.4 Å². The number of amides is 3. The summed E-state index contributed by atoms with van der Waals surface area (Å²) in [6, 6.07) is 15.7. The number of carbonyl (C=O) groups excluding carboxylic acids is 3. The second-order valence-corrected chi connectivity index (χ2v) is 7.95. The number of thiophene rings is 1. The van der Waals surface area contributed by atoms with Gasteiger partial charge < -0.3 is 21.7 Å². The summed E-state index contributed by atoms with van der Waals surface area (Å²) in [5, 5.41) is 10.0. The SMILES string of the molecule is CNC(=O)[C@H](Cc1ccc(C(=O)Nc2cc(-c3cccs3)ccc2N)cc1)NC(C)=O. The van der Waals surface area contributed by atoms with Gasteiger partial charge in [-0.1, -0.05) is 24.3 Å².